The van der Waals surface area contributed by atoms with Gasteiger partial charge in [0.05, 0.1) is 24.2 Å². The molecule has 4 rings (SSSR count). The van der Waals surface area contributed by atoms with Crippen LogP contribution in [0.3, 0.4) is 0 Å². The summed E-state index contributed by atoms with van der Waals surface area (Å²) in [7, 11) is 5.74. The van der Waals surface area contributed by atoms with Crippen molar-refractivity contribution < 1.29 is 14.3 Å². The molecule has 188 valence electrons. The van der Waals surface area contributed by atoms with Crippen molar-refractivity contribution in [2.45, 2.75) is 37.8 Å². The number of nitrogens with one attached hydrogen (secondary N) is 2. The molecule has 0 unspecified atom stereocenters. The minimum absolute atomic E-state index is 0.114. The highest BCUT2D eigenvalue weighted by atomic mass is 16.5. The zero-order valence-electron chi connectivity index (χ0n) is 21.0. The summed E-state index contributed by atoms with van der Waals surface area (Å²) in [5.74, 6) is -0.0661. The van der Waals surface area contributed by atoms with Crippen molar-refractivity contribution in [2.24, 2.45) is 0 Å². The number of nitrogens with zero attached hydrogens (tertiary/aromatic N) is 2. The van der Waals surface area contributed by atoms with Crippen molar-refractivity contribution in [3.8, 4) is 17.0 Å². The number of hydrogen-bond donors (Lipinski definition) is 3. The Labute approximate surface area is 211 Å². The Morgan fingerprint density at radius 3 is 2.50 bits per heavy atom. The molecule has 0 bridgehead atoms. The number of nitrogen functional groups attached to an aromatic ring is 1. The highest BCUT2D eigenvalue weighted by molar-refractivity contribution is 6.08. The van der Waals surface area contributed by atoms with E-state index in [9.17, 15) is 9.59 Å². The van der Waals surface area contributed by atoms with Crippen LogP contribution in [0.25, 0.3) is 22.0 Å². The Morgan fingerprint density at radius 2 is 1.83 bits per heavy atom. The van der Waals surface area contributed by atoms with E-state index in [0.717, 1.165) is 42.0 Å². The average Bonchev–Trinajstić information content (AvgIpc) is 2.89. The number of anilines is 2. The number of carbonyl (C=O) groups excluding carboxylic acids is 2. The number of nitrogens with two attached hydrogens (primary N) is 1. The van der Waals surface area contributed by atoms with Crippen LogP contribution in [0.15, 0.2) is 55.1 Å². The molecule has 0 radical (unpaired) electrons. The SMILES string of the molecule is C=CC(=O)Nc1c(OC)ccc2ccc(-c3ccc(N)c(C(=O)NC4CCC(N(C)C)CC4)n3)cc12. The molecule has 2 amide bonds. The van der Waals surface area contributed by atoms with E-state index in [1.54, 1.807) is 25.3 Å². The highest BCUT2D eigenvalue weighted by Gasteiger charge is 2.25. The molecule has 0 aliphatic heterocycles. The van der Waals surface area contributed by atoms with E-state index in [-0.39, 0.29) is 23.6 Å². The Morgan fingerprint density at radius 1 is 1.11 bits per heavy atom. The van der Waals surface area contributed by atoms with Crippen LogP contribution in [0.2, 0.25) is 0 Å². The highest BCUT2D eigenvalue weighted by Crippen LogP contribution is 2.36. The number of pyridine rings is 1. The van der Waals surface area contributed by atoms with Gasteiger partial charge in [0, 0.05) is 23.0 Å². The van der Waals surface area contributed by atoms with Gasteiger partial charge in [0.1, 0.15) is 5.75 Å². The molecule has 0 saturated heterocycles. The third kappa shape index (κ3) is 5.33. The summed E-state index contributed by atoms with van der Waals surface area (Å²) >= 11 is 0. The zero-order chi connectivity index (χ0) is 25.8. The number of rotatable bonds is 7. The van der Waals surface area contributed by atoms with Crippen LogP contribution < -0.4 is 21.1 Å². The zero-order valence-corrected chi connectivity index (χ0v) is 21.0. The van der Waals surface area contributed by atoms with Crippen molar-refractivity contribution in [3.63, 3.8) is 0 Å². The van der Waals surface area contributed by atoms with Crippen LogP contribution in [0.5, 0.6) is 5.75 Å². The molecule has 8 heteroatoms. The standard InChI is InChI=1S/C28H33N5O3/c1-5-25(34)32-26-21-16-18(7-6-17(21)8-15-24(26)36-4)23-14-13-22(29)27(31-23)28(35)30-19-9-11-20(12-10-19)33(2)3/h5-8,13-16,19-20H,1,9-12,29H2,2-4H3,(H,30,35)(H,32,34). The van der Waals surface area contributed by atoms with Gasteiger partial charge in [-0.15, -0.1) is 0 Å². The van der Waals surface area contributed by atoms with Gasteiger partial charge in [-0.05, 0) is 75.5 Å². The number of aromatic nitrogens is 1. The first-order chi connectivity index (χ1) is 17.3. The lowest BCUT2D eigenvalue weighted by Gasteiger charge is -2.32. The van der Waals surface area contributed by atoms with E-state index in [0.29, 0.717) is 28.9 Å². The molecule has 1 aliphatic carbocycles. The number of benzene rings is 2. The van der Waals surface area contributed by atoms with E-state index in [2.05, 4.69) is 41.2 Å². The van der Waals surface area contributed by atoms with Crippen LogP contribution in [0, 0.1) is 0 Å². The van der Waals surface area contributed by atoms with Crippen LogP contribution >= 0.6 is 0 Å². The number of ether oxygens (including phenoxy) is 1. The first kappa shape index (κ1) is 25.2. The second-order valence-corrected chi connectivity index (χ2v) is 9.35. The Bertz CT molecular complexity index is 1300. The molecule has 1 fully saturated rings. The minimum Gasteiger partial charge on any atom is -0.495 e. The number of hydrogen-bond acceptors (Lipinski definition) is 6. The second kappa shape index (κ2) is 10.8. The molecule has 1 aliphatic rings. The van der Waals surface area contributed by atoms with Crippen LogP contribution in [-0.4, -0.2) is 55.0 Å². The Balaban J connectivity index is 1.63. The normalized spacial score (nSPS) is 17.6. The lowest BCUT2D eigenvalue weighted by Crippen LogP contribution is -2.42. The van der Waals surface area contributed by atoms with Crippen molar-refractivity contribution in [2.75, 3.05) is 32.3 Å². The van der Waals surface area contributed by atoms with Crippen molar-refractivity contribution >= 4 is 34.0 Å². The molecule has 1 aromatic heterocycles. The van der Waals surface area contributed by atoms with Gasteiger partial charge in [0.25, 0.3) is 5.91 Å². The van der Waals surface area contributed by atoms with Gasteiger partial charge in [-0.2, -0.15) is 0 Å². The van der Waals surface area contributed by atoms with Gasteiger partial charge in [0.2, 0.25) is 5.91 Å². The summed E-state index contributed by atoms with van der Waals surface area (Å²) in [5, 5.41) is 7.66. The quantitative estimate of drug-likeness (QED) is 0.431. The minimum atomic E-state index is -0.338. The largest absolute Gasteiger partial charge is 0.495 e. The molecule has 0 spiro atoms. The molecule has 1 heterocycles. The molecular weight excluding hydrogens is 454 g/mol. The fourth-order valence-electron chi connectivity index (χ4n) is 4.74. The summed E-state index contributed by atoms with van der Waals surface area (Å²) in [5.41, 5.74) is 8.64. The van der Waals surface area contributed by atoms with Crippen LogP contribution in [0.4, 0.5) is 11.4 Å². The fraction of sp³-hybridized carbons (Fsp3) is 0.321. The Kier molecular flexibility index (Phi) is 7.55. The molecule has 2 aromatic carbocycles. The molecule has 3 aromatic rings. The van der Waals surface area contributed by atoms with E-state index in [1.165, 1.54) is 6.08 Å². The van der Waals surface area contributed by atoms with Gasteiger partial charge in [-0.25, -0.2) is 4.98 Å². The maximum atomic E-state index is 13.1. The van der Waals surface area contributed by atoms with Gasteiger partial charge >= 0.3 is 0 Å². The summed E-state index contributed by atoms with van der Waals surface area (Å²) in [6.07, 6.45) is 5.17. The summed E-state index contributed by atoms with van der Waals surface area (Å²) in [6, 6.07) is 13.7. The third-order valence-electron chi connectivity index (χ3n) is 6.84. The molecule has 8 nitrogen and oxygen atoms in total. The van der Waals surface area contributed by atoms with E-state index in [1.807, 2.05) is 24.3 Å². The van der Waals surface area contributed by atoms with Gasteiger partial charge in [-0.1, -0.05) is 24.8 Å². The molecule has 36 heavy (non-hydrogen) atoms. The maximum Gasteiger partial charge on any atom is 0.272 e. The smallest absolute Gasteiger partial charge is 0.272 e. The number of carbonyl (C=O) groups is 2. The van der Waals surface area contributed by atoms with Crippen molar-refractivity contribution in [1.82, 2.24) is 15.2 Å². The fourth-order valence-corrected chi connectivity index (χ4v) is 4.74. The average molecular weight is 488 g/mol. The Hall–Kier alpha value is -3.91. The predicted molar refractivity (Wildman–Crippen MR) is 144 cm³/mol. The van der Waals surface area contributed by atoms with Gasteiger partial charge < -0.3 is 26.0 Å². The summed E-state index contributed by atoms with van der Waals surface area (Å²) < 4.78 is 5.47. The summed E-state index contributed by atoms with van der Waals surface area (Å²) in [4.78, 5) is 32.0. The molecule has 4 N–H and O–H groups in total. The number of amides is 2. The van der Waals surface area contributed by atoms with Gasteiger partial charge in [0.15, 0.2) is 5.69 Å². The van der Waals surface area contributed by atoms with Crippen LogP contribution in [-0.2, 0) is 4.79 Å². The van der Waals surface area contributed by atoms with E-state index in [4.69, 9.17) is 10.5 Å². The number of methoxy groups -OCH3 is 1. The monoisotopic (exact) mass is 487 g/mol. The maximum absolute atomic E-state index is 13.1. The van der Waals surface area contributed by atoms with Crippen molar-refractivity contribution in [3.05, 3.63) is 60.8 Å². The first-order valence-electron chi connectivity index (χ1n) is 12.1. The number of fused-ring (bicyclic) bond motifs is 1. The van der Waals surface area contributed by atoms with Crippen LogP contribution in [0.1, 0.15) is 36.2 Å². The lowest BCUT2D eigenvalue weighted by molar-refractivity contribution is -0.111. The molecule has 0 atom stereocenters. The van der Waals surface area contributed by atoms with Gasteiger partial charge in [-0.3, -0.25) is 9.59 Å². The molecular formula is C28H33N5O3. The second-order valence-electron chi connectivity index (χ2n) is 9.35. The van der Waals surface area contributed by atoms with Crippen molar-refractivity contribution in [1.29, 1.82) is 0 Å². The lowest BCUT2D eigenvalue weighted by atomic mass is 9.90. The predicted octanol–water partition coefficient (Wildman–Crippen LogP) is 4.22. The van der Waals surface area contributed by atoms with E-state index >= 15 is 0 Å². The summed E-state index contributed by atoms with van der Waals surface area (Å²) in [6.45, 7) is 3.53. The first-order valence-corrected chi connectivity index (χ1v) is 12.1. The molecule has 1 saturated carbocycles. The topological polar surface area (TPSA) is 110 Å². The third-order valence-corrected chi connectivity index (χ3v) is 6.84. The van der Waals surface area contributed by atoms with E-state index < -0.39 is 0 Å².